The zero-order chi connectivity index (χ0) is 17.6. The van der Waals surface area contributed by atoms with Gasteiger partial charge in [0.1, 0.15) is 11.5 Å². The van der Waals surface area contributed by atoms with Crippen LogP contribution in [0.25, 0.3) is 0 Å². The molecule has 1 aliphatic rings. The summed E-state index contributed by atoms with van der Waals surface area (Å²) >= 11 is 0. The molecule has 1 aromatic rings. The molecule has 0 radical (unpaired) electrons. The predicted molar refractivity (Wildman–Crippen MR) is 94.7 cm³/mol. The fourth-order valence-electron chi connectivity index (χ4n) is 3.30. The van der Waals surface area contributed by atoms with Crippen LogP contribution >= 0.6 is 0 Å². The highest BCUT2D eigenvalue weighted by atomic mass is 16.5. The van der Waals surface area contributed by atoms with Gasteiger partial charge in [0.05, 0.1) is 25.4 Å². The zero-order valence-electron chi connectivity index (χ0n) is 15.2. The van der Waals surface area contributed by atoms with Crippen molar-refractivity contribution >= 4 is 0 Å². The Hall–Kier alpha value is -1.30. The minimum absolute atomic E-state index is 0.160. The third kappa shape index (κ3) is 4.62. The molecule has 2 rings (SSSR count). The largest absolute Gasteiger partial charge is 0.493 e. The van der Waals surface area contributed by atoms with E-state index in [1.165, 1.54) is 0 Å². The highest BCUT2D eigenvalue weighted by Crippen LogP contribution is 2.33. The molecule has 0 spiro atoms. The van der Waals surface area contributed by atoms with Gasteiger partial charge in [-0.2, -0.15) is 0 Å². The van der Waals surface area contributed by atoms with Crippen molar-refractivity contribution in [2.24, 2.45) is 0 Å². The van der Waals surface area contributed by atoms with Crippen molar-refractivity contribution < 1.29 is 19.7 Å². The topological polar surface area (TPSA) is 62.2 Å². The molecule has 1 aromatic carbocycles. The summed E-state index contributed by atoms with van der Waals surface area (Å²) in [7, 11) is 0. The van der Waals surface area contributed by atoms with E-state index in [1.54, 1.807) is 0 Å². The lowest BCUT2D eigenvalue weighted by Gasteiger charge is -2.25. The van der Waals surface area contributed by atoms with Crippen molar-refractivity contribution in [1.29, 1.82) is 0 Å². The number of aliphatic hydroxyl groups excluding tert-OH is 1. The van der Waals surface area contributed by atoms with Crippen molar-refractivity contribution in [1.82, 2.24) is 4.90 Å². The first-order chi connectivity index (χ1) is 11.5. The van der Waals surface area contributed by atoms with Gasteiger partial charge >= 0.3 is 0 Å². The highest BCUT2D eigenvalue weighted by Gasteiger charge is 2.29. The number of hydrogen-bond acceptors (Lipinski definition) is 5. The van der Waals surface area contributed by atoms with Gasteiger partial charge in [-0.3, -0.25) is 4.90 Å². The van der Waals surface area contributed by atoms with Gasteiger partial charge in [-0.1, -0.05) is 6.07 Å². The summed E-state index contributed by atoms with van der Waals surface area (Å²) in [6.45, 7) is 9.57. The Morgan fingerprint density at radius 1 is 1.12 bits per heavy atom. The molecule has 5 nitrogen and oxygen atoms in total. The normalized spacial score (nSPS) is 22.2. The van der Waals surface area contributed by atoms with E-state index in [-0.39, 0.29) is 6.61 Å². The molecule has 0 saturated carbocycles. The maximum absolute atomic E-state index is 10.3. The number of nitrogens with zero attached hydrogens (tertiary/aromatic N) is 1. The van der Waals surface area contributed by atoms with Crippen LogP contribution in [0.5, 0.6) is 11.5 Å². The van der Waals surface area contributed by atoms with Gasteiger partial charge in [0, 0.05) is 24.2 Å². The summed E-state index contributed by atoms with van der Waals surface area (Å²) in [5, 5.41) is 19.7. The average molecular weight is 337 g/mol. The molecular formula is C19H31NO4. The summed E-state index contributed by atoms with van der Waals surface area (Å²) in [6, 6.07) is 4.09. The number of ether oxygens (including phenoxy) is 2. The Morgan fingerprint density at radius 3 is 2.54 bits per heavy atom. The van der Waals surface area contributed by atoms with E-state index >= 15 is 0 Å². The number of benzene rings is 1. The number of aliphatic hydroxyl groups is 2. The minimum atomic E-state index is -0.924. The molecular weight excluding hydrogens is 306 g/mol. The first-order valence-electron chi connectivity index (χ1n) is 8.96. The fourth-order valence-corrected chi connectivity index (χ4v) is 3.30. The van der Waals surface area contributed by atoms with Crippen LogP contribution in [0, 0.1) is 6.92 Å². The van der Waals surface area contributed by atoms with Crippen LogP contribution < -0.4 is 9.47 Å². The van der Waals surface area contributed by atoms with Crippen LogP contribution in [0.3, 0.4) is 0 Å². The summed E-state index contributed by atoms with van der Waals surface area (Å²) in [5.41, 5.74) is 1.26. The molecule has 0 aromatic heterocycles. The van der Waals surface area contributed by atoms with E-state index in [0.717, 1.165) is 48.7 Å². The number of hydrogen-bond donors (Lipinski definition) is 2. The molecule has 2 N–H and O–H groups in total. The van der Waals surface area contributed by atoms with Crippen molar-refractivity contribution in [2.75, 3.05) is 32.9 Å². The Balaban J connectivity index is 2.15. The van der Waals surface area contributed by atoms with Gasteiger partial charge in [0.25, 0.3) is 0 Å². The molecule has 5 heteroatoms. The highest BCUT2D eigenvalue weighted by molar-refractivity contribution is 5.49. The van der Waals surface area contributed by atoms with Gasteiger partial charge in [-0.25, -0.2) is 0 Å². The average Bonchev–Trinajstić information content (AvgIpc) is 2.76. The van der Waals surface area contributed by atoms with Gasteiger partial charge in [0.15, 0.2) is 0 Å². The third-order valence-corrected chi connectivity index (χ3v) is 4.72. The maximum atomic E-state index is 10.3. The Bertz CT molecular complexity index is 534. The summed E-state index contributed by atoms with van der Waals surface area (Å²) < 4.78 is 11.6. The third-order valence-electron chi connectivity index (χ3n) is 4.72. The fraction of sp³-hybridized carbons (Fsp3) is 0.684. The van der Waals surface area contributed by atoms with Crippen molar-refractivity contribution in [2.45, 2.75) is 52.2 Å². The first kappa shape index (κ1) is 19.0. The lowest BCUT2D eigenvalue weighted by molar-refractivity contribution is -0.0255. The van der Waals surface area contributed by atoms with Crippen molar-refractivity contribution in [3.8, 4) is 11.5 Å². The van der Waals surface area contributed by atoms with Crippen molar-refractivity contribution in [3.05, 3.63) is 23.3 Å². The molecule has 136 valence electrons. The lowest BCUT2D eigenvalue weighted by Crippen LogP contribution is -2.34. The molecule has 0 amide bonds. The molecule has 24 heavy (non-hydrogen) atoms. The van der Waals surface area contributed by atoms with E-state index < -0.39 is 5.60 Å². The summed E-state index contributed by atoms with van der Waals surface area (Å²) in [4.78, 5) is 2.32. The standard InChI is InChI=1S/C19H31NO4/c1-4-23-17-8-7-16(18(15(17)3)24-5-2)13-20-11-6-9-19(22,14-21)10-12-20/h7-8,21-22H,4-6,9-14H2,1-3H3/t19-/m0/s1. The van der Waals surface area contributed by atoms with E-state index in [4.69, 9.17) is 9.47 Å². The summed E-state index contributed by atoms with van der Waals surface area (Å²) in [6.07, 6.45) is 2.14. The molecule has 1 saturated heterocycles. The van der Waals surface area contributed by atoms with Crippen LogP contribution in [-0.4, -0.2) is 53.6 Å². The quantitative estimate of drug-likeness (QED) is 0.800. The second kappa shape index (κ2) is 8.70. The Kier molecular flexibility index (Phi) is 6.90. The minimum Gasteiger partial charge on any atom is -0.493 e. The monoisotopic (exact) mass is 337 g/mol. The maximum Gasteiger partial charge on any atom is 0.130 e. The van der Waals surface area contributed by atoms with E-state index in [0.29, 0.717) is 26.1 Å². The Morgan fingerprint density at radius 2 is 1.88 bits per heavy atom. The smallest absolute Gasteiger partial charge is 0.130 e. The molecule has 1 fully saturated rings. The van der Waals surface area contributed by atoms with Gasteiger partial charge in [0.2, 0.25) is 0 Å². The van der Waals surface area contributed by atoms with Gasteiger partial charge in [-0.15, -0.1) is 0 Å². The zero-order valence-corrected chi connectivity index (χ0v) is 15.2. The molecule has 1 heterocycles. The predicted octanol–water partition coefficient (Wildman–Crippen LogP) is 2.50. The number of rotatable bonds is 7. The van der Waals surface area contributed by atoms with Crippen molar-refractivity contribution in [3.63, 3.8) is 0 Å². The lowest BCUT2D eigenvalue weighted by atomic mass is 9.96. The summed E-state index contributed by atoms with van der Waals surface area (Å²) in [5.74, 6) is 1.78. The van der Waals surface area contributed by atoms with Gasteiger partial charge < -0.3 is 19.7 Å². The van der Waals surface area contributed by atoms with E-state index in [9.17, 15) is 10.2 Å². The molecule has 0 aliphatic carbocycles. The SMILES string of the molecule is CCOc1ccc(CN2CCC[C@@](O)(CO)CC2)c(OCC)c1C. The first-order valence-corrected chi connectivity index (χ1v) is 8.96. The molecule has 1 atom stereocenters. The Labute approximate surface area is 145 Å². The van der Waals surface area contributed by atoms with Crippen LogP contribution in [0.15, 0.2) is 12.1 Å². The molecule has 1 aliphatic heterocycles. The van der Waals surface area contributed by atoms with Crippen LogP contribution in [0.1, 0.15) is 44.2 Å². The molecule has 0 unspecified atom stereocenters. The van der Waals surface area contributed by atoms with Crippen LogP contribution in [0.4, 0.5) is 0 Å². The van der Waals surface area contributed by atoms with E-state index in [1.807, 2.05) is 26.8 Å². The van der Waals surface area contributed by atoms with Gasteiger partial charge in [-0.05, 0) is 52.6 Å². The molecule has 0 bridgehead atoms. The van der Waals surface area contributed by atoms with Crippen LogP contribution in [0.2, 0.25) is 0 Å². The van der Waals surface area contributed by atoms with E-state index in [2.05, 4.69) is 11.0 Å². The number of likely N-dealkylation sites (tertiary alicyclic amines) is 1. The van der Waals surface area contributed by atoms with Crippen LogP contribution in [-0.2, 0) is 6.54 Å². The second-order valence-corrected chi connectivity index (χ2v) is 6.56. The second-order valence-electron chi connectivity index (χ2n) is 6.56.